The summed E-state index contributed by atoms with van der Waals surface area (Å²) >= 11 is 3.47. The van der Waals surface area contributed by atoms with E-state index in [1.807, 2.05) is 6.20 Å². The number of aromatic nitrogens is 1. The number of fused-ring (bicyclic) bond motifs is 1. The van der Waals surface area contributed by atoms with Crippen LogP contribution in [0.15, 0.2) is 16.7 Å². The van der Waals surface area contributed by atoms with Gasteiger partial charge in [0.25, 0.3) is 0 Å². The third-order valence-corrected chi connectivity index (χ3v) is 5.32. The van der Waals surface area contributed by atoms with E-state index in [9.17, 15) is 0 Å². The van der Waals surface area contributed by atoms with Crippen LogP contribution in [0.25, 0.3) is 0 Å². The molecule has 0 aromatic carbocycles. The number of nitrogens with zero attached hydrogens (tertiary/aromatic N) is 2. The highest BCUT2D eigenvalue weighted by Crippen LogP contribution is 2.34. The number of hydrogen-bond donors (Lipinski definition) is 1. The van der Waals surface area contributed by atoms with Gasteiger partial charge in [0.05, 0.1) is 11.9 Å². The molecule has 6 heteroatoms. The van der Waals surface area contributed by atoms with E-state index >= 15 is 0 Å². The van der Waals surface area contributed by atoms with Crippen LogP contribution in [0.3, 0.4) is 0 Å². The number of rotatable bonds is 5. The second-order valence-electron chi connectivity index (χ2n) is 6.16. The van der Waals surface area contributed by atoms with Crippen LogP contribution in [0.1, 0.15) is 6.92 Å². The van der Waals surface area contributed by atoms with Gasteiger partial charge in [-0.2, -0.15) is 0 Å². The number of pyridine rings is 1. The summed E-state index contributed by atoms with van der Waals surface area (Å²) in [6.45, 7) is 10.7. The Bertz CT molecular complexity index is 450. The Kier molecular flexibility index (Phi) is 4.53. The molecule has 1 aliphatic rings. The molecule has 1 unspecified atom stereocenters. The van der Waals surface area contributed by atoms with Crippen molar-refractivity contribution in [1.82, 2.24) is 4.98 Å². The summed E-state index contributed by atoms with van der Waals surface area (Å²) in [6, 6.07) is 3.28. The molecular weight excluding hydrogens is 322 g/mol. The molecule has 1 aromatic heterocycles. The lowest BCUT2D eigenvalue weighted by molar-refractivity contribution is 0.144. The third-order valence-electron chi connectivity index (χ3n) is 3.18. The van der Waals surface area contributed by atoms with Crippen molar-refractivity contribution in [2.24, 2.45) is 0 Å². The smallest absolute Gasteiger partial charge is 0.151 e. The molecule has 0 fully saturated rings. The van der Waals surface area contributed by atoms with E-state index in [4.69, 9.17) is 4.74 Å². The van der Waals surface area contributed by atoms with Gasteiger partial charge in [-0.15, -0.1) is 0 Å². The fourth-order valence-corrected chi connectivity index (χ4v) is 3.04. The number of nitrogens with one attached hydrogen (secondary N) is 1. The van der Waals surface area contributed by atoms with E-state index < -0.39 is 8.07 Å². The van der Waals surface area contributed by atoms with Gasteiger partial charge >= 0.3 is 0 Å². The van der Waals surface area contributed by atoms with Crippen LogP contribution in [0.2, 0.25) is 25.7 Å². The Labute approximate surface area is 124 Å². The fraction of sp³-hybridized carbons (Fsp3) is 0.615. The lowest BCUT2D eigenvalue weighted by Crippen LogP contribution is -2.35. The highest BCUT2D eigenvalue weighted by Gasteiger charge is 2.26. The predicted molar refractivity (Wildman–Crippen MR) is 86.5 cm³/mol. The Balaban J connectivity index is 1.93. The van der Waals surface area contributed by atoms with Crippen molar-refractivity contribution in [1.29, 1.82) is 0 Å². The number of anilines is 2. The maximum Gasteiger partial charge on any atom is 0.151 e. The van der Waals surface area contributed by atoms with E-state index in [2.05, 4.69) is 63.8 Å². The first-order chi connectivity index (χ1) is 8.87. The number of halogens is 1. The van der Waals surface area contributed by atoms with E-state index in [1.165, 1.54) is 6.04 Å². The highest BCUT2D eigenvalue weighted by molar-refractivity contribution is 9.10. The average Bonchev–Trinajstić information content (AvgIpc) is 2.59. The molecule has 4 nitrogen and oxygen atoms in total. The quantitative estimate of drug-likeness (QED) is 0.652. The Morgan fingerprint density at radius 1 is 1.47 bits per heavy atom. The highest BCUT2D eigenvalue weighted by atomic mass is 79.9. The maximum absolute atomic E-state index is 5.84. The molecule has 2 heterocycles. The minimum Gasteiger partial charge on any atom is -0.361 e. The zero-order valence-electron chi connectivity index (χ0n) is 12.0. The van der Waals surface area contributed by atoms with E-state index in [0.717, 1.165) is 22.6 Å². The van der Waals surface area contributed by atoms with Crippen molar-refractivity contribution in [3.05, 3.63) is 16.7 Å². The van der Waals surface area contributed by atoms with Gasteiger partial charge in [-0.3, -0.25) is 0 Å². The molecule has 0 spiro atoms. The summed E-state index contributed by atoms with van der Waals surface area (Å²) < 4.78 is 6.83. The molecule has 1 N–H and O–H groups in total. The summed E-state index contributed by atoms with van der Waals surface area (Å²) in [7, 11) is -1.01. The van der Waals surface area contributed by atoms with Crippen molar-refractivity contribution < 1.29 is 4.74 Å². The van der Waals surface area contributed by atoms with Gasteiger partial charge in [0.15, 0.2) is 5.82 Å². The monoisotopic (exact) mass is 343 g/mol. The lowest BCUT2D eigenvalue weighted by atomic mass is 10.4. The van der Waals surface area contributed by atoms with Crippen LogP contribution >= 0.6 is 15.9 Å². The normalized spacial score (nSPS) is 18.4. The Hall–Kier alpha value is -0.593. The molecule has 0 bridgehead atoms. The number of ether oxygens (including phenoxy) is 1. The summed E-state index contributed by atoms with van der Waals surface area (Å²) in [4.78, 5) is 6.58. The van der Waals surface area contributed by atoms with Gasteiger partial charge < -0.3 is 15.0 Å². The van der Waals surface area contributed by atoms with Crippen LogP contribution in [0.5, 0.6) is 0 Å². The molecule has 1 atom stereocenters. The summed E-state index contributed by atoms with van der Waals surface area (Å²) in [5, 5.41) is 3.35. The second-order valence-corrected chi connectivity index (χ2v) is 12.7. The van der Waals surface area contributed by atoms with Crippen molar-refractivity contribution >= 4 is 35.5 Å². The van der Waals surface area contributed by atoms with E-state index in [-0.39, 0.29) is 6.17 Å². The van der Waals surface area contributed by atoms with Crippen LogP contribution in [-0.2, 0) is 4.74 Å². The fourth-order valence-electron chi connectivity index (χ4n) is 1.97. The molecule has 2 rings (SSSR count). The minimum atomic E-state index is -1.01. The first-order valence-electron chi connectivity index (χ1n) is 6.63. The van der Waals surface area contributed by atoms with Crippen molar-refractivity contribution in [2.45, 2.75) is 38.8 Å². The Morgan fingerprint density at radius 2 is 2.21 bits per heavy atom. The van der Waals surface area contributed by atoms with E-state index in [0.29, 0.717) is 6.73 Å². The van der Waals surface area contributed by atoms with Gasteiger partial charge in [0.1, 0.15) is 6.73 Å². The average molecular weight is 344 g/mol. The SMILES string of the molecule is CC1Nc2ncc(Br)cc2N1COCC[Si](C)(C)C. The van der Waals surface area contributed by atoms with Gasteiger partial charge in [0, 0.05) is 25.4 Å². The largest absolute Gasteiger partial charge is 0.361 e. The van der Waals surface area contributed by atoms with Gasteiger partial charge in [-0.25, -0.2) is 4.98 Å². The molecule has 1 aromatic rings. The number of hydrogen-bond acceptors (Lipinski definition) is 4. The summed E-state index contributed by atoms with van der Waals surface area (Å²) in [5.74, 6) is 0.935. The molecule has 106 valence electrons. The minimum absolute atomic E-state index is 0.226. The zero-order valence-corrected chi connectivity index (χ0v) is 14.6. The van der Waals surface area contributed by atoms with E-state index in [1.54, 1.807) is 0 Å². The standard InChI is InChI=1S/C13H22BrN3OSi/c1-10-16-13-12(7-11(14)8-15-13)17(10)9-18-5-6-19(2,3)4/h7-8,10H,5-6,9H2,1-4H3,(H,15,16). The summed E-state index contributed by atoms with van der Waals surface area (Å²) in [6.07, 6.45) is 2.04. The topological polar surface area (TPSA) is 37.4 Å². The molecule has 0 saturated heterocycles. The maximum atomic E-state index is 5.84. The zero-order chi connectivity index (χ0) is 14.0. The van der Waals surface area contributed by atoms with Crippen LogP contribution < -0.4 is 10.2 Å². The van der Waals surface area contributed by atoms with Crippen molar-refractivity contribution in [3.8, 4) is 0 Å². The van der Waals surface area contributed by atoms with Crippen molar-refractivity contribution in [3.63, 3.8) is 0 Å². The molecular formula is C13H22BrN3OSi. The van der Waals surface area contributed by atoms with Gasteiger partial charge in [-0.05, 0) is 35.0 Å². The second kappa shape index (κ2) is 5.81. The van der Waals surface area contributed by atoms with Crippen LogP contribution in [-0.4, -0.2) is 32.6 Å². The summed E-state index contributed by atoms with van der Waals surface area (Å²) in [5.41, 5.74) is 1.11. The third kappa shape index (κ3) is 3.93. The van der Waals surface area contributed by atoms with Crippen molar-refractivity contribution in [2.75, 3.05) is 23.6 Å². The first-order valence-corrected chi connectivity index (χ1v) is 11.1. The molecule has 19 heavy (non-hydrogen) atoms. The van der Waals surface area contributed by atoms with Crippen LogP contribution in [0.4, 0.5) is 11.5 Å². The lowest BCUT2D eigenvalue weighted by Gasteiger charge is -2.24. The van der Waals surface area contributed by atoms with Crippen LogP contribution in [0, 0.1) is 0 Å². The molecule has 0 saturated carbocycles. The molecule has 0 radical (unpaired) electrons. The van der Waals surface area contributed by atoms with Gasteiger partial charge in [0.2, 0.25) is 0 Å². The predicted octanol–water partition coefficient (Wildman–Crippen LogP) is 3.73. The first kappa shape index (κ1) is 14.8. The molecule has 0 amide bonds. The Morgan fingerprint density at radius 3 is 2.89 bits per heavy atom. The molecule has 1 aliphatic heterocycles. The van der Waals surface area contributed by atoms with Gasteiger partial charge in [-0.1, -0.05) is 19.6 Å². The molecule has 0 aliphatic carbocycles.